The van der Waals surface area contributed by atoms with Crippen LogP contribution in [-0.2, 0) is 4.74 Å². The van der Waals surface area contributed by atoms with Gasteiger partial charge in [0, 0.05) is 25.2 Å². The molecule has 0 aliphatic heterocycles. The fourth-order valence-corrected chi connectivity index (χ4v) is 1.38. The highest BCUT2D eigenvalue weighted by molar-refractivity contribution is 4.74. The summed E-state index contributed by atoms with van der Waals surface area (Å²) >= 11 is 0. The molecule has 0 bridgehead atoms. The van der Waals surface area contributed by atoms with Crippen molar-refractivity contribution in [1.82, 2.24) is 10.2 Å². The number of ether oxygens (including phenoxy) is 1. The Kier molecular flexibility index (Phi) is 7.96. The predicted molar refractivity (Wildman–Crippen MR) is 72.3 cm³/mol. The van der Waals surface area contributed by atoms with Crippen molar-refractivity contribution < 1.29 is 9.84 Å². The lowest BCUT2D eigenvalue weighted by Crippen LogP contribution is -2.44. The third-order valence-corrected chi connectivity index (χ3v) is 2.31. The molecule has 104 valence electrons. The molecule has 0 aromatic carbocycles. The smallest absolute Gasteiger partial charge is 0.0791 e. The zero-order valence-electron chi connectivity index (χ0n) is 12.3. The summed E-state index contributed by atoms with van der Waals surface area (Å²) in [6.07, 6.45) is -0.0610. The van der Waals surface area contributed by atoms with E-state index in [2.05, 4.69) is 31.0 Å². The van der Waals surface area contributed by atoms with Gasteiger partial charge in [-0.3, -0.25) is 0 Å². The average Bonchev–Trinajstić information content (AvgIpc) is 2.13. The van der Waals surface area contributed by atoms with Gasteiger partial charge in [0.1, 0.15) is 0 Å². The molecule has 0 rings (SSSR count). The van der Waals surface area contributed by atoms with Gasteiger partial charge in [0.2, 0.25) is 0 Å². The van der Waals surface area contributed by atoms with Gasteiger partial charge in [0.05, 0.1) is 18.8 Å². The van der Waals surface area contributed by atoms with Gasteiger partial charge in [-0.05, 0) is 41.7 Å². The maximum Gasteiger partial charge on any atom is 0.0791 e. The van der Waals surface area contributed by atoms with Crippen molar-refractivity contribution in [1.29, 1.82) is 0 Å². The van der Waals surface area contributed by atoms with Crippen LogP contribution in [0.15, 0.2) is 0 Å². The minimum atomic E-state index is -0.335. The van der Waals surface area contributed by atoms with E-state index in [1.54, 1.807) is 0 Å². The Morgan fingerprint density at radius 3 is 2.35 bits per heavy atom. The van der Waals surface area contributed by atoms with Crippen LogP contribution in [0.25, 0.3) is 0 Å². The Labute approximate surface area is 106 Å². The molecule has 0 saturated heterocycles. The van der Waals surface area contributed by atoms with Gasteiger partial charge in [-0.25, -0.2) is 0 Å². The highest BCUT2D eigenvalue weighted by atomic mass is 16.5. The topological polar surface area (TPSA) is 44.7 Å². The predicted octanol–water partition coefficient (Wildman–Crippen LogP) is 1.09. The monoisotopic (exact) mass is 246 g/mol. The number of hydrogen-bond donors (Lipinski definition) is 2. The third-order valence-electron chi connectivity index (χ3n) is 2.31. The van der Waals surface area contributed by atoms with Crippen LogP contribution in [-0.4, -0.2) is 61.0 Å². The number of rotatable bonds is 8. The van der Waals surface area contributed by atoms with E-state index in [4.69, 9.17) is 4.74 Å². The van der Waals surface area contributed by atoms with Gasteiger partial charge >= 0.3 is 0 Å². The van der Waals surface area contributed by atoms with Crippen molar-refractivity contribution in [2.24, 2.45) is 0 Å². The molecule has 0 fully saturated rings. The van der Waals surface area contributed by atoms with E-state index < -0.39 is 0 Å². The number of hydrogen-bond acceptors (Lipinski definition) is 4. The summed E-state index contributed by atoms with van der Waals surface area (Å²) in [5.74, 6) is 0. The van der Waals surface area contributed by atoms with Crippen molar-refractivity contribution in [3.05, 3.63) is 0 Å². The Hall–Kier alpha value is -0.160. The maximum atomic E-state index is 9.85. The van der Waals surface area contributed by atoms with Crippen LogP contribution in [0, 0.1) is 0 Å². The summed E-state index contributed by atoms with van der Waals surface area (Å²) in [5.41, 5.74) is 0.0559. The van der Waals surface area contributed by atoms with Crippen molar-refractivity contribution in [2.45, 2.75) is 52.4 Å². The molecule has 0 spiro atoms. The van der Waals surface area contributed by atoms with Crippen LogP contribution >= 0.6 is 0 Å². The first-order chi connectivity index (χ1) is 7.70. The van der Waals surface area contributed by atoms with E-state index in [0.29, 0.717) is 19.7 Å². The molecule has 1 atom stereocenters. The van der Waals surface area contributed by atoms with E-state index in [1.807, 2.05) is 20.9 Å². The summed E-state index contributed by atoms with van der Waals surface area (Å²) in [6.45, 7) is 13.2. The maximum absolute atomic E-state index is 9.85. The standard InChI is InChI=1S/C13H30N2O2/c1-11(2)17-8-7-15(6)10-12(16)9-14-13(3,4)5/h11-12,14,16H,7-10H2,1-6H3. The first kappa shape index (κ1) is 16.8. The molecule has 0 aromatic rings. The number of nitrogens with zero attached hydrogens (tertiary/aromatic N) is 1. The molecular formula is C13H30N2O2. The van der Waals surface area contributed by atoms with E-state index in [9.17, 15) is 5.11 Å². The highest BCUT2D eigenvalue weighted by Gasteiger charge is 2.13. The zero-order valence-corrected chi connectivity index (χ0v) is 12.3. The molecule has 4 heteroatoms. The number of β-amino-alcohol motifs (C(OH)–C–C–N with tert-alkyl or cyclic N) is 1. The Morgan fingerprint density at radius 2 is 1.88 bits per heavy atom. The van der Waals surface area contributed by atoms with Gasteiger partial charge in [-0.2, -0.15) is 0 Å². The Morgan fingerprint density at radius 1 is 1.29 bits per heavy atom. The molecule has 0 amide bonds. The summed E-state index contributed by atoms with van der Waals surface area (Å²) < 4.78 is 5.47. The summed E-state index contributed by atoms with van der Waals surface area (Å²) in [5, 5.41) is 13.1. The largest absolute Gasteiger partial charge is 0.390 e. The van der Waals surface area contributed by atoms with Crippen LogP contribution in [0.1, 0.15) is 34.6 Å². The van der Waals surface area contributed by atoms with Crippen LogP contribution in [0.2, 0.25) is 0 Å². The molecular weight excluding hydrogens is 216 g/mol. The van der Waals surface area contributed by atoms with E-state index in [1.165, 1.54) is 0 Å². The fourth-order valence-electron chi connectivity index (χ4n) is 1.38. The fraction of sp³-hybridized carbons (Fsp3) is 1.00. The molecule has 0 aromatic heterocycles. The third kappa shape index (κ3) is 12.1. The first-order valence-electron chi connectivity index (χ1n) is 6.44. The molecule has 1 unspecified atom stereocenters. The quantitative estimate of drug-likeness (QED) is 0.673. The molecule has 4 nitrogen and oxygen atoms in total. The zero-order chi connectivity index (χ0) is 13.5. The Bertz CT molecular complexity index is 190. The second-order valence-corrected chi connectivity index (χ2v) is 5.97. The van der Waals surface area contributed by atoms with Crippen LogP contribution < -0.4 is 5.32 Å². The van der Waals surface area contributed by atoms with E-state index in [-0.39, 0.29) is 17.7 Å². The lowest BCUT2D eigenvalue weighted by atomic mass is 10.1. The second-order valence-electron chi connectivity index (χ2n) is 5.97. The second kappa shape index (κ2) is 8.03. The molecule has 0 aliphatic carbocycles. The number of aliphatic hydroxyl groups excluding tert-OH is 1. The highest BCUT2D eigenvalue weighted by Crippen LogP contribution is 1.99. The Balaban J connectivity index is 3.62. The average molecular weight is 246 g/mol. The molecule has 2 N–H and O–H groups in total. The minimum absolute atomic E-state index is 0.0559. The lowest BCUT2D eigenvalue weighted by molar-refractivity contribution is 0.0511. The SMILES string of the molecule is CC(C)OCCN(C)CC(O)CNC(C)(C)C. The van der Waals surface area contributed by atoms with E-state index >= 15 is 0 Å². The lowest BCUT2D eigenvalue weighted by Gasteiger charge is -2.25. The van der Waals surface area contributed by atoms with Gasteiger partial charge < -0.3 is 20.1 Å². The summed E-state index contributed by atoms with van der Waals surface area (Å²) in [4.78, 5) is 2.09. The van der Waals surface area contributed by atoms with Gasteiger partial charge in [-0.1, -0.05) is 0 Å². The number of aliphatic hydroxyl groups is 1. The van der Waals surface area contributed by atoms with Crippen LogP contribution in [0.5, 0.6) is 0 Å². The van der Waals surface area contributed by atoms with Crippen molar-refractivity contribution in [3.8, 4) is 0 Å². The van der Waals surface area contributed by atoms with Gasteiger partial charge in [0.15, 0.2) is 0 Å². The van der Waals surface area contributed by atoms with Gasteiger partial charge in [-0.15, -0.1) is 0 Å². The molecule has 17 heavy (non-hydrogen) atoms. The van der Waals surface area contributed by atoms with Crippen molar-refractivity contribution in [2.75, 3.05) is 33.3 Å². The van der Waals surface area contributed by atoms with Crippen molar-refractivity contribution in [3.63, 3.8) is 0 Å². The molecule has 0 radical (unpaired) electrons. The summed E-state index contributed by atoms with van der Waals surface area (Å²) in [6, 6.07) is 0. The van der Waals surface area contributed by atoms with E-state index in [0.717, 1.165) is 6.54 Å². The summed E-state index contributed by atoms with van der Waals surface area (Å²) in [7, 11) is 2.00. The minimum Gasteiger partial charge on any atom is -0.390 e. The van der Waals surface area contributed by atoms with Crippen LogP contribution in [0.4, 0.5) is 0 Å². The normalized spacial score (nSPS) is 14.6. The number of likely N-dealkylation sites (N-methyl/N-ethyl adjacent to an activating group) is 1. The molecule has 0 saturated carbocycles. The van der Waals surface area contributed by atoms with Gasteiger partial charge in [0.25, 0.3) is 0 Å². The molecule has 0 aliphatic rings. The first-order valence-corrected chi connectivity index (χ1v) is 6.44. The number of nitrogens with one attached hydrogen (secondary N) is 1. The molecule has 0 heterocycles. The van der Waals surface area contributed by atoms with Crippen molar-refractivity contribution >= 4 is 0 Å². The van der Waals surface area contributed by atoms with Crippen LogP contribution in [0.3, 0.4) is 0 Å².